The zero-order valence-electron chi connectivity index (χ0n) is 21.0. The Morgan fingerprint density at radius 2 is 1.59 bits per heavy atom. The van der Waals surface area contributed by atoms with Crippen LogP contribution >= 0.6 is 0 Å². The zero-order chi connectivity index (χ0) is 25.9. The Morgan fingerprint density at radius 3 is 2.22 bits per heavy atom. The van der Waals surface area contributed by atoms with Crippen molar-refractivity contribution in [2.24, 2.45) is 0 Å². The maximum Gasteiger partial charge on any atom is 0.268 e. The van der Waals surface area contributed by atoms with Gasteiger partial charge in [0, 0.05) is 56.8 Å². The Labute approximate surface area is 218 Å². The summed E-state index contributed by atoms with van der Waals surface area (Å²) < 4.78 is 60.5. The molecule has 5 heterocycles. The van der Waals surface area contributed by atoms with E-state index in [1.165, 1.54) is 55.2 Å². The molecule has 11 heteroatoms. The lowest BCUT2D eigenvalue weighted by atomic mass is 9.85. The lowest BCUT2D eigenvalue weighted by molar-refractivity contribution is 0.0657. The van der Waals surface area contributed by atoms with Crippen molar-refractivity contribution in [1.29, 1.82) is 0 Å². The van der Waals surface area contributed by atoms with E-state index >= 15 is 0 Å². The van der Waals surface area contributed by atoms with E-state index in [1.807, 2.05) is 0 Å². The number of ether oxygens (including phenoxy) is 1. The molecule has 0 N–H and O–H groups in total. The van der Waals surface area contributed by atoms with Gasteiger partial charge in [0.2, 0.25) is 10.0 Å². The van der Waals surface area contributed by atoms with Crippen LogP contribution in [0.4, 0.5) is 0 Å². The Hall–Kier alpha value is -2.31. The Bertz CT molecular complexity index is 1510. The number of sulfonamides is 1. The van der Waals surface area contributed by atoms with Crippen LogP contribution in [-0.2, 0) is 24.8 Å². The summed E-state index contributed by atoms with van der Waals surface area (Å²) >= 11 is 0. The van der Waals surface area contributed by atoms with Crippen molar-refractivity contribution in [1.82, 2.24) is 18.2 Å². The molecule has 0 aliphatic carbocycles. The summed E-state index contributed by atoms with van der Waals surface area (Å²) in [5.74, 6) is 0.234. The van der Waals surface area contributed by atoms with Gasteiger partial charge in [0.1, 0.15) is 0 Å². The van der Waals surface area contributed by atoms with Crippen LogP contribution < -0.4 is 0 Å². The van der Waals surface area contributed by atoms with E-state index in [2.05, 4.69) is 9.88 Å². The van der Waals surface area contributed by atoms with E-state index in [9.17, 15) is 16.8 Å². The molecule has 0 radical (unpaired) electrons. The van der Waals surface area contributed by atoms with Crippen molar-refractivity contribution in [2.45, 2.75) is 65.9 Å². The molecule has 3 aliphatic heterocycles. The normalized spacial score (nSPS) is 26.9. The van der Waals surface area contributed by atoms with Gasteiger partial charge in [0.15, 0.2) is 0 Å². The van der Waals surface area contributed by atoms with E-state index in [1.54, 1.807) is 24.5 Å². The van der Waals surface area contributed by atoms with E-state index in [0.29, 0.717) is 23.6 Å². The van der Waals surface area contributed by atoms with Crippen molar-refractivity contribution in [3.8, 4) is 0 Å². The molecule has 9 nitrogen and oxygen atoms in total. The summed E-state index contributed by atoms with van der Waals surface area (Å²) in [5, 5.41) is 0. The smallest absolute Gasteiger partial charge is 0.268 e. The van der Waals surface area contributed by atoms with Gasteiger partial charge in [-0.3, -0.25) is 9.88 Å². The van der Waals surface area contributed by atoms with Crippen LogP contribution in [0.25, 0.3) is 11.0 Å². The maximum absolute atomic E-state index is 13.8. The van der Waals surface area contributed by atoms with E-state index in [0.717, 1.165) is 47.9 Å². The highest BCUT2D eigenvalue weighted by Crippen LogP contribution is 2.46. The average molecular weight is 545 g/mol. The van der Waals surface area contributed by atoms with Crippen LogP contribution in [0, 0.1) is 0 Å². The molecule has 37 heavy (non-hydrogen) atoms. The van der Waals surface area contributed by atoms with E-state index in [4.69, 9.17) is 4.74 Å². The standard InChI is InChI=1S/C26H32N4O5S2/c1-28(2)36(31,32)22-7-9-23(10-8-22)37(33,34)29-16-24(26-25(29)4-3-12-27-26)18-14-19-5-6-20(15-18)30(19)21-11-13-35-17-21/h3-4,7-10,12,16,18-21H,5-6,11,13-15,17H2,1-2H3. The highest BCUT2D eigenvalue weighted by Gasteiger charge is 2.45. The van der Waals surface area contributed by atoms with Crippen LogP contribution in [0.15, 0.2) is 58.6 Å². The van der Waals surface area contributed by atoms with Gasteiger partial charge in [-0.05, 0) is 74.4 Å². The molecule has 0 saturated carbocycles. The molecule has 3 aromatic rings. The van der Waals surface area contributed by atoms with Crippen molar-refractivity contribution < 1.29 is 21.6 Å². The number of pyridine rings is 1. The summed E-state index contributed by atoms with van der Waals surface area (Å²) in [6, 6.07) is 10.4. The number of aromatic nitrogens is 2. The van der Waals surface area contributed by atoms with Gasteiger partial charge in [0.25, 0.3) is 10.0 Å². The summed E-state index contributed by atoms with van der Waals surface area (Å²) in [6.45, 7) is 1.65. The fraction of sp³-hybridized carbons (Fsp3) is 0.500. The lowest BCUT2D eigenvalue weighted by Gasteiger charge is -2.42. The van der Waals surface area contributed by atoms with Crippen molar-refractivity contribution in [2.75, 3.05) is 27.3 Å². The van der Waals surface area contributed by atoms with Gasteiger partial charge in [-0.1, -0.05) is 0 Å². The monoisotopic (exact) mass is 544 g/mol. The average Bonchev–Trinajstić information content (AvgIpc) is 3.60. The quantitative estimate of drug-likeness (QED) is 0.470. The zero-order valence-corrected chi connectivity index (χ0v) is 22.7. The second-order valence-electron chi connectivity index (χ2n) is 10.5. The van der Waals surface area contributed by atoms with Crippen molar-refractivity contribution >= 4 is 31.1 Å². The number of benzene rings is 1. The third-order valence-electron chi connectivity index (χ3n) is 8.27. The number of rotatable bonds is 6. The van der Waals surface area contributed by atoms with Crippen molar-refractivity contribution in [3.63, 3.8) is 0 Å². The number of nitrogens with zero attached hydrogens (tertiary/aromatic N) is 4. The molecule has 1 aromatic carbocycles. The second kappa shape index (κ2) is 9.16. The first-order valence-electron chi connectivity index (χ1n) is 12.8. The Balaban J connectivity index is 1.35. The highest BCUT2D eigenvalue weighted by molar-refractivity contribution is 7.90. The number of fused-ring (bicyclic) bond motifs is 3. The molecule has 198 valence electrons. The van der Waals surface area contributed by atoms with Gasteiger partial charge in [-0.25, -0.2) is 25.1 Å². The topological polar surface area (TPSA) is 102 Å². The van der Waals surface area contributed by atoms with Crippen LogP contribution in [-0.4, -0.2) is 80.4 Å². The largest absolute Gasteiger partial charge is 0.380 e. The first kappa shape index (κ1) is 25.0. The predicted octanol–water partition coefficient (Wildman–Crippen LogP) is 3.02. The molecule has 3 saturated heterocycles. The van der Waals surface area contributed by atoms with Gasteiger partial charge in [-0.15, -0.1) is 0 Å². The minimum Gasteiger partial charge on any atom is -0.380 e. The van der Waals surface area contributed by atoms with Gasteiger partial charge in [-0.2, -0.15) is 0 Å². The Morgan fingerprint density at radius 1 is 0.919 bits per heavy atom. The summed E-state index contributed by atoms with van der Waals surface area (Å²) in [4.78, 5) is 7.37. The molecule has 0 amide bonds. The molecule has 2 bridgehead atoms. The molecule has 3 unspecified atom stereocenters. The number of hydrogen-bond donors (Lipinski definition) is 0. The molecule has 2 aromatic heterocycles. The second-order valence-corrected chi connectivity index (χ2v) is 14.5. The number of hydrogen-bond acceptors (Lipinski definition) is 7. The molecule has 0 spiro atoms. The van der Waals surface area contributed by atoms with Crippen LogP contribution in [0.2, 0.25) is 0 Å². The van der Waals surface area contributed by atoms with Gasteiger partial charge >= 0.3 is 0 Å². The Kier molecular flexibility index (Phi) is 6.19. The summed E-state index contributed by atoms with van der Waals surface area (Å²) in [7, 11) is -4.73. The SMILES string of the molecule is CN(C)S(=O)(=O)c1ccc(S(=O)(=O)n2cc(C3CC4CCC(C3)N4C3CCOC3)c3ncccc32)cc1. The van der Waals surface area contributed by atoms with Crippen LogP contribution in [0.1, 0.15) is 43.6 Å². The molecule has 6 rings (SSSR count). The molecule has 3 fully saturated rings. The first-order valence-corrected chi connectivity index (χ1v) is 15.7. The first-order chi connectivity index (χ1) is 17.7. The van der Waals surface area contributed by atoms with Gasteiger partial charge in [0.05, 0.1) is 27.4 Å². The molecular weight excluding hydrogens is 512 g/mol. The lowest BCUT2D eigenvalue weighted by Crippen LogP contribution is -2.48. The fourth-order valence-electron chi connectivity index (χ4n) is 6.48. The van der Waals surface area contributed by atoms with E-state index in [-0.39, 0.29) is 15.7 Å². The third kappa shape index (κ3) is 4.11. The minimum absolute atomic E-state index is 0.0358. The fourth-order valence-corrected chi connectivity index (χ4v) is 8.75. The highest BCUT2D eigenvalue weighted by atomic mass is 32.2. The third-order valence-corrected chi connectivity index (χ3v) is 11.8. The van der Waals surface area contributed by atoms with Crippen LogP contribution in [0.5, 0.6) is 0 Å². The molecule has 3 aliphatic rings. The summed E-state index contributed by atoms with van der Waals surface area (Å²) in [5.41, 5.74) is 2.24. The summed E-state index contributed by atoms with van der Waals surface area (Å²) in [6.07, 6.45) is 8.86. The van der Waals surface area contributed by atoms with Gasteiger partial charge < -0.3 is 4.74 Å². The van der Waals surface area contributed by atoms with Crippen molar-refractivity contribution in [3.05, 3.63) is 54.4 Å². The molecular formula is C26H32N4O5S2. The maximum atomic E-state index is 13.8. The predicted molar refractivity (Wildman–Crippen MR) is 139 cm³/mol. The van der Waals surface area contributed by atoms with Crippen LogP contribution in [0.3, 0.4) is 0 Å². The number of piperidine rings is 1. The molecule has 3 atom stereocenters. The van der Waals surface area contributed by atoms with E-state index < -0.39 is 20.0 Å². The minimum atomic E-state index is -3.96.